The maximum atomic E-state index is 13.0. The molecule has 0 aliphatic rings. The maximum Gasteiger partial charge on any atom is 0.326 e. The van der Waals surface area contributed by atoms with Gasteiger partial charge in [0, 0.05) is 23.5 Å². The lowest BCUT2D eigenvalue weighted by Gasteiger charge is -2.25. The number of primary amides is 1. The van der Waals surface area contributed by atoms with Crippen LogP contribution in [0.1, 0.15) is 38.7 Å². The Balaban J connectivity index is 2.20. The van der Waals surface area contributed by atoms with Gasteiger partial charge in [-0.25, -0.2) is 4.79 Å². The smallest absolute Gasteiger partial charge is 0.326 e. The molecule has 14 heteroatoms. The van der Waals surface area contributed by atoms with Crippen LogP contribution in [0.5, 0.6) is 0 Å². The number of hydrogen-bond donors (Lipinski definition) is 8. The molecule has 0 saturated heterocycles. The lowest BCUT2D eigenvalue weighted by Crippen LogP contribution is -2.58. The number of fused-ring (bicyclic) bond motifs is 1. The Morgan fingerprint density at radius 3 is 2.03 bits per heavy atom. The summed E-state index contributed by atoms with van der Waals surface area (Å²) in [5.41, 5.74) is 12.5. The Kier molecular flexibility index (Phi) is 11.0. The monoisotopic (exact) mass is 546 g/mol. The van der Waals surface area contributed by atoms with Crippen molar-refractivity contribution in [1.82, 2.24) is 20.9 Å². The van der Waals surface area contributed by atoms with Crippen molar-refractivity contribution in [2.24, 2.45) is 17.4 Å². The van der Waals surface area contributed by atoms with Gasteiger partial charge in [-0.3, -0.25) is 24.0 Å². The van der Waals surface area contributed by atoms with Gasteiger partial charge in [0.15, 0.2) is 0 Å². The zero-order valence-electron chi connectivity index (χ0n) is 21.6. The molecule has 0 aliphatic carbocycles. The van der Waals surface area contributed by atoms with Crippen molar-refractivity contribution in [3.63, 3.8) is 0 Å². The predicted octanol–water partition coefficient (Wildman–Crippen LogP) is -1.03. The number of hydrogen-bond acceptors (Lipinski definition) is 7. The van der Waals surface area contributed by atoms with Crippen LogP contribution in [0.4, 0.5) is 0 Å². The number of nitrogens with two attached hydrogens (primary N) is 2. The summed E-state index contributed by atoms with van der Waals surface area (Å²) in [4.78, 5) is 76.3. The summed E-state index contributed by atoms with van der Waals surface area (Å²) >= 11 is 0. The number of carboxylic acids is 2. The molecule has 1 aromatic carbocycles. The van der Waals surface area contributed by atoms with Crippen LogP contribution in [-0.2, 0) is 35.2 Å². The number of amides is 4. The molecule has 212 valence electrons. The average molecular weight is 547 g/mol. The van der Waals surface area contributed by atoms with Crippen molar-refractivity contribution in [3.05, 3.63) is 36.0 Å². The summed E-state index contributed by atoms with van der Waals surface area (Å²) in [6, 6.07) is 1.42. The molecule has 5 unspecified atom stereocenters. The summed E-state index contributed by atoms with van der Waals surface area (Å²) in [6.45, 7) is 3.51. The molecule has 0 saturated carbocycles. The second-order valence-corrected chi connectivity index (χ2v) is 9.26. The van der Waals surface area contributed by atoms with Crippen molar-refractivity contribution in [3.8, 4) is 0 Å². The highest BCUT2D eigenvalue weighted by Crippen LogP contribution is 2.19. The van der Waals surface area contributed by atoms with Gasteiger partial charge in [0.2, 0.25) is 23.6 Å². The van der Waals surface area contributed by atoms with Crippen LogP contribution in [0.15, 0.2) is 30.5 Å². The maximum absolute atomic E-state index is 13.0. The van der Waals surface area contributed by atoms with E-state index >= 15 is 0 Å². The number of H-pyrrole nitrogens is 1. The topological polar surface area (TPSA) is 247 Å². The summed E-state index contributed by atoms with van der Waals surface area (Å²) in [5, 5.41) is 26.4. The molecular formula is C25H34N6O8. The van der Waals surface area contributed by atoms with E-state index in [0.29, 0.717) is 12.0 Å². The van der Waals surface area contributed by atoms with Gasteiger partial charge >= 0.3 is 11.9 Å². The number of para-hydroxylation sites is 1. The molecule has 4 amide bonds. The van der Waals surface area contributed by atoms with E-state index in [1.54, 1.807) is 44.3 Å². The lowest BCUT2D eigenvalue weighted by atomic mass is 9.99. The van der Waals surface area contributed by atoms with Gasteiger partial charge in [0.05, 0.1) is 18.9 Å². The first-order valence-corrected chi connectivity index (χ1v) is 12.3. The molecule has 2 rings (SSSR count). The molecule has 14 nitrogen and oxygen atoms in total. The van der Waals surface area contributed by atoms with Crippen LogP contribution in [0.2, 0.25) is 0 Å². The SMILES string of the molecule is CCC(C)C(N)C(=O)NC(CC(=O)O)C(=O)NC(CC(N)=O)C(=O)NC(Cc1c[nH]c2ccccc12)C(=O)O. The van der Waals surface area contributed by atoms with E-state index in [2.05, 4.69) is 20.9 Å². The predicted molar refractivity (Wildman–Crippen MR) is 139 cm³/mol. The lowest BCUT2D eigenvalue weighted by molar-refractivity contribution is -0.143. The zero-order valence-corrected chi connectivity index (χ0v) is 21.6. The molecule has 5 atom stereocenters. The first-order chi connectivity index (χ1) is 18.3. The fourth-order valence-electron chi connectivity index (χ4n) is 3.84. The minimum atomic E-state index is -1.64. The van der Waals surface area contributed by atoms with E-state index in [-0.39, 0.29) is 12.3 Å². The first-order valence-electron chi connectivity index (χ1n) is 12.3. The molecule has 0 fully saturated rings. The Bertz CT molecular complexity index is 1230. The highest BCUT2D eigenvalue weighted by Gasteiger charge is 2.33. The third-order valence-corrected chi connectivity index (χ3v) is 6.32. The van der Waals surface area contributed by atoms with Crippen LogP contribution in [-0.4, -0.2) is 74.9 Å². The normalized spacial score (nSPS) is 14.8. The average Bonchev–Trinajstić information content (AvgIpc) is 3.28. The molecule has 0 bridgehead atoms. The molecule has 39 heavy (non-hydrogen) atoms. The molecule has 0 radical (unpaired) electrons. The Hall–Kier alpha value is -4.46. The number of aromatic nitrogens is 1. The van der Waals surface area contributed by atoms with Gasteiger partial charge in [0.25, 0.3) is 0 Å². The number of aliphatic carboxylic acids is 2. The fraction of sp³-hybridized carbons (Fsp3) is 0.440. The highest BCUT2D eigenvalue weighted by molar-refractivity contribution is 5.97. The third kappa shape index (κ3) is 8.81. The molecule has 0 aliphatic heterocycles. The van der Waals surface area contributed by atoms with Crippen molar-refractivity contribution in [2.45, 2.75) is 63.7 Å². The van der Waals surface area contributed by atoms with Gasteiger partial charge in [-0.15, -0.1) is 0 Å². The summed E-state index contributed by atoms with van der Waals surface area (Å²) in [7, 11) is 0. The van der Waals surface area contributed by atoms with Crippen molar-refractivity contribution < 1.29 is 39.0 Å². The Labute approximate surface area is 223 Å². The number of carboxylic acid groups (broad SMARTS) is 2. The van der Waals surface area contributed by atoms with Crippen LogP contribution in [0.25, 0.3) is 10.9 Å². The molecule has 2 aromatic rings. The van der Waals surface area contributed by atoms with Crippen LogP contribution in [0.3, 0.4) is 0 Å². The van der Waals surface area contributed by atoms with Crippen LogP contribution in [0, 0.1) is 5.92 Å². The third-order valence-electron chi connectivity index (χ3n) is 6.32. The number of carbonyl (C=O) groups is 6. The van der Waals surface area contributed by atoms with E-state index in [1.807, 2.05) is 0 Å². The van der Waals surface area contributed by atoms with E-state index in [1.165, 1.54) is 0 Å². The van der Waals surface area contributed by atoms with Gasteiger partial charge in [-0.1, -0.05) is 38.5 Å². The van der Waals surface area contributed by atoms with Gasteiger partial charge < -0.3 is 42.6 Å². The molecule has 0 spiro atoms. The quantitative estimate of drug-likeness (QED) is 0.136. The van der Waals surface area contributed by atoms with Gasteiger partial charge in [-0.2, -0.15) is 0 Å². The zero-order chi connectivity index (χ0) is 29.3. The van der Waals surface area contributed by atoms with E-state index in [4.69, 9.17) is 11.5 Å². The number of aromatic amines is 1. The van der Waals surface area contributed by atoms with E-state index < -0.39 is 72.6 Å². The Morgan fingerprint density at radius 2 is 1.46 bits per heavy atom. The highest BCUT2D eigenvalue weighted by atomic mass is 16.4. The second-order valence-electron chi connectivity index (χ2n) is 9.26. The van der Waals surface area contributed by atoms with Crippen LogP contribution >= 0.6 is 0 Å². The Morgan fingerprint density at radius 1 is 0.897 bits per heavy atom. The standard InChI is InChI=1S/C25H34N6O8/c1-3-12(2)21(27)24(37)30-17(10-20(33)34)23(36)29-16(9-19(26)32)22(35)31-18(25(38)39)8-13-11-28-15-7-5-4-6-14(13)15/h4-7,11-12,16-18,21,28H,3,8-10,27H2,1-2H3,(H2,26,32)(H,29,36)(H,30,37)(H,31,35)(H,33,34)(H,38,39). The van der Waals surface area contributed by atoms with Crippen LogP contribution < -0.4 is 27.4 Å². The largest absolute Gasteiger partial charge is 0.481 e. The number of rotatable bonds is 15. The number of nitrogens with one attached hydrogen (secondary N) is 4. The first kappa shape index (κ1) is 30.8. The van der Waals surface area contributed by atoms with E-state index in [9.17, 15) is 39.0 Å². The summed E-state index contributed by atoms with van der Waals surface area (Å²) in [6.07, 6.45) is 0.492. The van der Waals surface area contributed by atoms with E-state index in [0.717, 1.165) is 10.9 Å². The van der Waals surface area contributed by atoms with Gasteiger partial charge in [0.1, 0.15) is 18.1 Å². The molecule has 1 aromatic heterocycles. The van der Waals surface area contributed by atoms with Gasteiger partial charge in [-0.05, 0) is 17.5 Å². The fourth-order valence-corrected chi connectivity index (χ4v) is 3.84. The van der Waals surface area contributed by atoms with Crippen molar-refractivity contribution in [1.29, 1.82) is 0 Å². The van der Waals surface area contributed by atoms with Crippen molar-refractivity contribution in [2.75, 3.05) is 0 Å². The molecule has 1 heterocycles. The minimum absolute atomic E-state index is 0.118. The second kappa shape index (κ2) is 13.9. The summed E-state index contributed by atoms with van der Waals surface area (Å²) < 4.78 is 0. The number of carbonyl (C=O) groups excluding carboxylic acids is 4. The summed E-state index contributed by atoms with van der Waals surface area (Å²) in [5.74, 6) is -6.95. The molecule has 10 N–H and O–H groups in total. The number of benzene rings is 1. The minimum Gasteiger partial charge on any atom is -0.481 e. The van der Waals surface area contributed by atoms with Crippen molar-refractivity contribution >= 4 is 46.5 Å². The molecular weight excluding hydrogens is 512 g/mol.